The maximum absolute atomic E-state index is 14.4. The van der Waals surface area contributed by atoms with Crippen LogP contribution in [0, 0.1) is 35.8 Å². The van der Waals surface area contributed by atoms with Crippen LogP contribution in [0.15, 0.2) is 36.1 Å². The number of esters is 1. The van der Waals surface area contributed by atoms with Crippen molar-refractivity contribution in [1.29, 1.82) is 0 Å². The summed E-state index contributed by atoms with van der Waals surface area (Å²) >= 11 is 0. The molecule has 1 fully saturated rings. The Morgan fingerprint density at radius 1 is 0.966 bits per heavy atom. The molecule has 9 atom stereocenters. The molecule has 4 heterocycles. The third-order valence-corrected chi connectivity index (χ3v) is 11.8. The number of benzene rings is 2. The fraction of sp³-hybridized carbons (Fsp3) is 0.548. The molecule has 2 aromatic rings. The summed E-state index contributed by atoms with van der Waals surface area (Å²) in [7, 11) is 1.42. The molecule has 1 amide bonds. The number of carbonyl (C=O) groups is 3. The van der Waals surface area contributed by atoms with Crippen LogP contribution in [0.25, 0.3) is 10.8 Å². The van der Waals surface area contributed by atoms with Crippen molar-refractivity contribution in [2.75, 3.05) is 38.7 Å². The lowest BCUT2D eigenvalue weighted by Crippen LogP contribution is -2.49. The fourth-order valence-corrected chi connectivity index (χ4v) is 8.06. The van der Waals surface area contributed by atoms with Gasteiger partial charge in [-0.2, -0.15) is 0 Å². The number of nitrogens with zero attached hydrogens (tertiary/aromatic N) is 1. The van der Waals surface area contributed by atoms with Crippen molar-refractivity contribution in [3.63, 3.8) is 0 Å². The summed E-state index contributed by atoms with van der Waals surface area (Å²) in [4.78, 5) is 40.5. The summed E-state index contributed by atoms with van der Waals surface area (Å²) in [6.45, 7) is 12.1. The minimum absolute atomic E-state index is 0.00576. The molecule has 318 valence electrons. The topological polar surface area (TPSA) is 234 Å². The number of amides is 1. The Hall–Kier alpha value is -4.71. The highest BCUT2D eigenvalue weighted by Gasteiger charge is 2.50. The fourth-order valence-electron chi connectivity index (χ4n) is 8.06. The van der Waals surface area contributed by atoms with Gasteiger partial charge in [0.2, 0.25) is 0 Å². The van der Waals surface area contributed by atoms with E-state index in [1.54, 1.807) is 39.8 Å². The Labute approximate surface area is 337 Å². The number of aromatic hydroxyl groups is 3. The molecular formula is C42H56N2O14. The second-order valence-corrected chi connectivity index (χ2v) is 16.0. The molecule has 0 aromatic heterocycles. The first-order chi connectivity index (χ1) is 27.2. The van der Waals surface area contributed by atoms with Gasteiger partial charge in [-0.15, -0.1) is 0 Å². The van der Waals surface area contributed by atoms with E-state index in [9.17, 15) is 45.1 Å². The van der Waals surface area contributed by atoms with Crippen LogP contribution in [0.2, 0.25) is 0 Å². The number of hydrogen-bond donors (Lipinski definition) is 6. The number of morpholine rings is 1. The molecule has 0 radical (unpaired) electrons. The van der Waals surface area contributed by atoms with Gasteiger partial charge in [-0.25, -0.2) is 0 Å². The minimum atomic E-state index is -2.08. The van der Waals surface area contributed by atoms with Crippen LogP contribution in [0.4, 0.5) is 5.69 Å². The van der Waals surface area contributed by atoms with Gasteiger partial charge in [0.15, 0.2) is 5.75 Å². The highest BCUT2D eigenvalue weighted by Crippen LogP contribution is 2.55. The van der Waals surface area contributed by atoms with Crippen LogP contribution in [0.1, 0.15) is 70.0 Å². The van der Waals surface area contributed by atoms with Gasteiger partial charge >= 0.3 is 11.8 Å². The molecule has 5 bridgehead atoms. The zero-order chi connectivity index (χ0) is 43.0. The average molecular weight is 813 g/mol. The Bertz CT molecular complexity index is 2020. The number of ketones is 1. The summed E-state index contributed by atoms with van der Waals surface area (Å²) in [6.07, 6.45) is 3.36. The number of hydrogen-bond acceptors (Lipinski definition) is 14. The van der Waals surface area contributed by atoms with E-state index in [2.05, 4.69) is 5.32 Å². The first-order valence-corrected chi connectivity index (χ1v) is 19.4. The van der Waals surface area contributed by atoms with Crippen LogP contribution in [0.5, 0.6) is 23.0 Å². The van der Waals surface area contributed by atoms with E-state index in [-0.39, 0.29) is 70.8 Å². The zero-order valence-corrected chi connectivity index (χ0v) is 34.4. The van der Waals surface area contributed by atoms with Gasteiger partial charge in [0.1, 0.15) is 43.0 Å². The number of quaternary nitrogens is 1. The average Bonchev–Trinajstić information content (AvgIpc) is 3.44. The zero-order valence-electron chi connectivity index (χ0n) is 34.4. The van der Waals surface area contributed by atoms with Gasteiger partial charge < -0.3 is 64.4 Å². The van der Waals surface area contributed by atoms with E-state index in [1.807, 2.05) is 0 Å². The molecule has 16 nitrogen and oxygen atoms in total. The summed E-state index contributed by atoms with van der Waals surface area (Å²) in [5, 5.41) is 74.3. The molecule has 0 saturated carbocycles. The lowest BCUT2D eigenvalue weighted by atomic mass is 9.78. The van der Waals surface area contributed by atoms with E-state index in [4.69, 9.17) is 23.7 Å². The first kappa shape index (κ1) is 44.4. The Kier molecular flexibility index (Phi) is 13.2. The summed E-state index contributed by atoms with van der Waals surface area (Å²) in [5.41, 5.74) is -0.607. The molecule has 16 heteroatoms. The predicted molar refractivity (Wildman–Crippen MR) is 212 cm³/mol. The number of fused-ring (bicyclic) bond motifs is 14. The van der Waals surface area contributed by atoms with E-state index in [1.165, 1.54) is 53.2 Å². The molecule has 1 saturated heterocycles. The van der Waals surface area contributed by atoms with Crippen LogP contribution in [-0.2, 0) is 35.1 Å². The lowest BCUT2D eigenvalue weighted by Gasteiger charge is -2.45. The molecule has 58 heavy (non-hydrogen) atoms. The number of ether oxygens (including phenoxy) is 5. The van der Waals surface area contributed by atoms with Gasteiger partial charge in [-0.3, -0.25) is 14.4 Å². The number of aliphatic hydroxyl groups is 2. The van der Waals surface area contributed by atoms with Crippen LogP contribution in [-0.4, -0.2) is 111 Å². The monoisotopic (exact) mass is 812 g/mol. The standard InChI is InChI=1S/C42H56N2O14/c1-20-11-10-12-21(2)41(52)43-32-27(19-44(53)14-17-55-18-15-44)36(49)29-30(37(32)50)35(48)25(6)39-31(29)40(51)42(8,58-39)56-16-13-28(54-9)22(3)38(57-26(7)45)24(5)34(47)23(4)33(20)46/h10-13,16,20,22-24,28,33-34,38,46-50H,14-15,17-19H2,1-9H3,(H,43,52)/b11-10+,16-13+,21-12+. The van der Waals surface area contributed by atoms with Crippen molar-refractivity contribution in [3.05, 3.63) is 58.0 Å². The number of carbonyl (C=O) groups excluding carboxylic acids is 3. The van der Waals surface area contributed by atoms with Crippen LogP contribution in [0.3, 0.4) is 0 Å². The highest BCUT2D eigenvalue weighted by molar-refractivity contribution is 6.22. The summed E-state index contributed by atoms with van der Waals surface area (Å²) in [5.74, 6) is -8.79. The molecule has 9 unspecified atom stereocenters. The quantitative estimate of drug-likeness (QED) is 0.0815. The summed E-state index contributed by atoms with van der Waals surface area (Å²) < 4.78 is 28.0. The maximum atomic E-state index is 14.4. The minimum Gasteiger partial charge on any atom is -0.632 e. The third kappa shape index (κ3) is 8.40. The molecular weight excluding hydrogens is 756 g/mol. The number of hydroxylamine groups is 3. The number of anilines is 1. The first-order valence-electron chi connectivity index (χ1n) is 19.4. The van der Waals surface area contributed by atoms with Crippen molar-refractivity contribution >= 4 is 34.1 Å². The number of rotatable bonds is 4. The Morgan fingerprint density at radius 2 is 1.62 bits per heavy atom. The highest BCUT2D eigenvalue weighted by atomic mass is 16.7. The molecule has 6 rings (SSSR count). The number of phenolic OH excluding ortho intramolecular Hbond substituents is 3. The molecule has 2 aromatic carbocycles. The van der Waals surface area contributed by atoms with E-state index in [0.29, 0.717) is 0 Å². The number of nitrogens with one attached hydrogen (secondary N) is 1. The Morgan fingerprint density at radius 3 is 2.24 bits per heavy atom. The van der Waals surface area contributed by atoms with Crippen molar-refractivity contribution in [1.82, 2.24) is 0 Å². The normalized spacial score (nSPS) is 32.8. The van der Waals surface area contributed by atoms with E-state index in [0.717, 1.165) is 0 Å². The van der Waals surface area contributed by atoms with Crippen molar-refractivity contribution in [3.8, 4) is 23.0 Å². The molecule has 6 N–H and O–H groups in total. The van der Waals surface area contributed by atoms with Crippen LogP contribution < -0.4 is 10.1 Å². The SMILES string of the molecule is COC1/C=C/OC2(C)Oc3c(C)c(O)c4c(O)c(c(C[N+]5([O-])CCOCC5)c(O)c4c3C2=O)NC(=O)/C(C)=C/C=C/C(C)C(O)C(C)C(O)C(C)C(OC(C)=O)C1C. The van der Waals surface area contributed by atoms with Gasteiger partial charge in [0, 0.05) is 61.2 Å². The van der Waals surface area contributed by atoms with Gasteiger partial charge in [0.25, 0.3) is 11.7 Å². The molecule has 0 spiro atoms. The van der Waals surface area contributed by atoms with Crippen molar-refractivity contribution in [2.45, 2.75) is 92.1 Å². The largest absolute Gasteiger partial charge is 0.632 e. The number of phenols is 3. The maximum Gasteiger partial charge on any atom is 0.312 e. The molecule has 4 aliphatic rings. The van der Waals surface area contributed by atoms with Gasteiger partial charge in [-0.1, -0.05) is 45.9 Å². The van der Waals surface area contributed by atoms with E-state index >= 15 is 0 Å². The summed E-state index contributed by atoms with van der Waals surface area (Å²) in [6, 6.07) is 0. The number of allylic oxidation sites excluding steroid dienone is 2. The van der Waals surface area contributed by atoms with Gasteiger partial charge in [-0.05, 0) is 19.9 Å². The Balaban J connectivity index is 1.72. The van der Waals surface area contributed by atoms with Gasteiger partial charge in [0.05, 0.1) is 60.0 Å². The molecule has 0 aliphatic carbocycles. The van der Waals surface area contributed by atoms with Crippen molar-refractivity contribution in [2.24, 2.45) is 23.7 Å². The van der Waals surface area contributed by atoms with Crippen LogP contribution >= 0.6 is 0 Å². The number of Topliss-reactive ketones (excluding diaryl/α,β-unsaturated/α-hetero) is 1. The van der Waals surface area contributed by atoms with E-state index < -0.39 is 100.0 Å². The smallest absolute Gasteiger partial charge is 0.312 e. The number of methoxy groups -OCH3 is 1. The van der Waals surface area contributed by atoms with Crippen molar-refractivity contribution < 1.29 is 68.2 Å². The second kappa shape index (κ2) is 17.3. The second-order valence-electron chi connectivity index (χ2n) is 16.0. The number of aliphatic hydroxyl groups excluding tert-OH is 2. The lowest BCUT2D eigenvalue weighted by molar-refractivity contribution is -0.901. The predicted octanol–water partition coefficient (Wildman–Crippen LogP) is 4.60. The molecule has 4 aliphatic heterocycles. The third-order valence-electron chi connectivity index (χ3n) is 11.8.